The predicted octanol–water partition coefficient (Wildman–Crippen LogP) is 2.95. The number of Topliss-reactive ketones (excluding diaryl/α,β-unsaturated/α-hetero) is 1. The second-order valence-corrected chi connectivity index (χ2v) is 8.70. The number of hydrogen-bond donors (Lipinski definition) is 0. The average molecular weight is 326 g/mol. The van der Waals surface area contributed by atoms with Crippen LogP contribution in [0.25, 0.3) is 0 Å². The minimum Gasteiger partial charge on any atom is -0.500 e. The van der Waals surface area contributed by atoms with Crippen LogP contribution in [0.2, 0.25) is 0 Å². The zero-order chi connectivity index (χ0) is 16.9. The van der Waals surface area contributed by atoms with Crippen LogP contribution < -0.4 is 0 Å². The Morgan fingerprint density at radius 2 is 2.04 bits per heavy atom. The smallest absolute Gasteiger partial charge is 0.320 e. The zero-order valence-electron chi connectivity index (χ0n) is 14.1. The highest BCUT2D eigenvalue weighted by molar-refractivity contribution is 6.16. The fourth-order valence-electron chi connectivity index (χ4n) is 6.04. The molecule has 2 saturated carbocycles. The summed E-state index contributed by atoms with van der Waals surface area (Å²) in [6.45, 7) is 8.89. The summed E-state index contributed by atoms with van der Waals surface area (Å²) >= 11 is 0. The predicted molar refractivity (Wildman–Crippen MR) is 86.7 cm³/mol. The van der Waals surface area contributed by atoms with Crippen LogP contribution in [0.1, 0.15) is 33.1 Å². The van der Waals surface area contributed by atoms with Gasteiger partial charge >= 0.3 is 5.97 Å². The molecule has 0 amide bonds. The summed E-state index contributed by atoms with van der Waals surface area (Å²) in [5.41, 5.74) is 0.253. The maximum Gasteiger partial charge on any atom is 0.320 e. The topological polar surface area (TPSA) is 52.6 Å². The number of hydrogen-bond acceptors (Lipinski definition) is 4. The van der Waals surface area contributed by atoms with Crippen LogP contribution in [0.5, 0.6) is 0 Å². The molecule has 5 aliphatic rings. The molecule has 2 heterocycles. The molecule has 0 aromatic carbocycles. The quantitative estimate of drug-likeness (QED) is 0.297. The molecule has 1 unspecified atom stereocenters. The molecule has 0 radical (unpaired) electrons. The van der Waals surface area contributed by atoms with Gasteiger partial charge in [-0.05, 0) is 35.8 Å². The van der Waals surface area contributed by atoms with Gasteiger partial charge in [0.15, 0.2) is 5.78 Å². The van der Waals surface area contributed by atoms with Gasteiger partial charge in [0.2, 0.25) is 0 Å². The van der Waals surface area contributed by atoms with Gasteiger partial charge in [0.25, 0.3) is 0 Å². The van der Waals surface area contributed by atoms with Crippen molar-refractivity contribution in [2.24, 2.45) is 28.1 Å². The van der Waals surface area contributed by atoms with Gasteiger partial charge in [-0.25, -0.2) is 0 Å². The molecular weight excluding hydrogens is 304 g/mol. The first-order valence-electron chi connectivity index (χ1n) is 8.80. The largest absolute Gasteiger partial charge is 0.500 e. The van der Waals surface area contributed by atoms with Gasteiger partial charge in [0.05, 0.1) is 11.7 Å². The number of ether oxygens (including phenoxy) is 2. The molecule has 3 fully saturated rings. The minimum atomic E-state index is -1.09. The fraction of sp³-hybridized carbons (Fsp3) is 0.600. The first-order valence-corrected chi connectivity index (χ1v) is 8.80. The van der Waals surface area contributed by atoms with Crippen molar-refractivity contribution in [1.29, 1.82) is 0 Å². The van der Waals surface area contributed by atoms with Crippen LogP contribution in [0.3, 0.4) is 0 Å². The molecule has 5 rings (SSSR count). The Balaban J connectivity index is 1.75. The monoisotopic (exact) mass is 326 g/mol. The Morgan fingerprint density at radius 1 is 1.25 bits per heavy atom. The number of carbonyl (C=O) groups is 2. The van der Waals surface area contributed by atoms with Crippen molar-refractivity contribution in [2.45, 2.75) is 39.2 Å². The third-order valence-electron chi connectivity index (χ3n) is 7.28. The maximum absolute atomic E-state index is 13.1. The molecule has 2 aliphatic heterocycles. The van der Waals surface area contributed by atoms with Crippen LogP contribution in [0, 0.1) is 28.1 Å². The van der Waals surface area contributed by atoms with Crippen LogP contribution in [0.4, 0.5) is 0 Å². The van der Waals surface area contributed by atoms with Crippen molar-refractivity contribution < 1.29 is 19.1 Å². The zero-order valence-corrected chi connectivity index (χ0v) is 14.1. The van der Waals surface area contributed by atoms with E-state index in [0.717, 1.165) is 12.8 Å². The first kappa shape index (κ1) is 14.5. The van der Waals surface area contributed by atoms with Crippen LogP contribution >= 0.6 is 0 Å². The molecular formula is C20H22O4. The molecule has 4 heteroatoms. The van der Waals surface area contributed by atoms with Gasteiger partial charge in [-0.3, -0.25) is 9.59 Å². The number of ketones is 1. The Labute approximate surface area is 141 Å². The van der Waals surface area contributed by atoms with E-state index >= 15 is 0 Å². The van der Waals surface area contributed by atoms with Gasteiger partial charge in [-0.2, -0.15) is 0 Å². The number of esters is 1. The summed E-state index contributed by atoms with van der Waals surface area (Å²) in [6, 6.07) is 0. The molecule has 3 aliphatic carbocycles. The van der Waals surface area contributed by atoms with Gasteiger partial charge in [0, 0.05) is 11.8 Å². The second kappa shape index (κ2) is 4.04. The van der Waals surface area contributed by atoms with Crippen molar-refractivity contribution >= 4 is 11.8 Å². The highest BCUT2D eigenvalue weighted by Crippen LogP contribution is 2.68. The number of carbonyl (C=O) groups excluding carboxylic acids is 2. The van der Waals surface area contributed by atoms with E-state index in [1.807, 2.05) is 6.26 Å². The summed E-state index contributed by atoms with van der Waals surface area (Å²) in [5, 5.41) is 0. The van der Waals surface area contributed by atoms with Crippen molar-refractivity contribution in [3.8, 4) is 0 Å². The maximum atomic E-state index is 13.1. The number of allylic oxidation sites excluding steroid dienone is 3. The van der Waals surface area contributed by atoms with E-state index < -0.39 is 10.8 Å². The number of fused-ring (bicyclic) bond motifs is 1. The Bertz CT molecular complexity index is 758. The third kappa shape index (κ3) is 1.31. The van der Waals surface area contributed by atoms with Gasteiger partial charge in [0.1, 0.15) is 18.1 Å². The van der Waals surface area contributed by atoms with Crippen molar-refractivity contribution in [2.75, 3.05) is 6.61 Å². The molecule has 0 aromatic rings. The lowest BCUT2D eigenvalue weighted by Crippen LogP contribution is -2.65. The Kier molecular flexibility index (Phi) is 2.44. The summed E-state index contributed by atoms with van der Waals surface area (Å²) in [6.07, 6.45) is 8.12. The molecule has 5 atom stereocenters. The lowest BCUT2D eigenvalue weighted by atomic mass is 9.47. The summed E-state index contributed by atoms with van der Waals surface area (Å²) < 4.78 is 11.8. The van der Waals surface area contributed by atoms with Crippen molar-refractivity contribution in [3.63, 3.8) is 0 Å². The molecule has 0 aromatic heterocycles. The third-order valence-corrected chi connectivity index (χ3v) is 7.28. The lowest BCUT2D eigenvalue weighted by molar-refractivity contribution is -0.202. The molecule has 2 spiro atoms. The van der Waals surface area contributed by atoms with Crippen LogP contribution in [0.15, 0.2) is 36.1 Å². The molecule has 4 nitrogen and oxygen atoms in total. The van der Waals surface area contributed by atoms with Crippen molar-refractivity contribution in [1.82, 2.24) is 0 Å². The highest BCUT2D eigenvalue weighted by atomic mass is 16.6. The van der Waals surface area contributed by atoms with E-state index in [9.17, 15) is 9.59 Å². The first-order chi connectivity index (χ1) is 11.3. The highest BCUT2D eigenvalue weighted by Gasteiger charge is 2.74. The summed E-state index contributed by atoms with van der Waals surface area (Å²) in [5.74, 6) is -0.671. The van der Waals surface area contributed by atoms with Crippen LogP contribution in [-0.4, -0.2) is 24.5 Å². The average Bonchev–Trinajstić information content (AvgIpc) is 3.08. The van der Waals surface area contributed by atoms with Gasteiger partial charge in [-0.1, -0.05) is 32.6 Å². The van der Waals surface area contributed by atoms with E-state index in [1.54, 1.807) is 0 Å². The molecule has 126 valence electrons. The minimum absolute atomic E-state index is 0.0126. The second-order valence-electron chi connectivity index (χ2n) is 8.70. The van der Waals surface area contributed by atoms with E-state index in [-0.39, 0.29) is 35.1 Å². The summed E-state index contributed by atoms with van der Waals surface area (Å²) in [7, 11) is 0. The Morgan fingerprint density at radius 3 is 2.83 bits per heavy atom. The SMILES string of the molecule is C=C1C(=O)[C@]23C[C@H]1C=CC2[C@@]12COC=C1C(C)(C)CC[C@@H]2OC3=O. The van der Waals surface area contributed by atoms with Gasteiger partial charge < -0.3 is 9.47 Å². The molecule has 0 N–H and O–H groups in total. The number of rotatable bonds is 0. The van der Waals surface area contributed by atoms with E-state index in [2.05, 4.69) is 32.6 Å². The standard InChI is InChI=1S/C20H22O4/c1-11-12-4-5-13-19(8-12,16(11)21)17(22)24-15-6-7-18(2,3)14-9-23-10-20(13,14)15/h4-5,9,12-13,15H,1,6-8,10H2,2-3H3/t12-,13?,15+,19+,20+/m1/s1. The van der Waals surface area contributed by atoms with E-state index in [1.165, 1.54) is 5.57 Å². The van der Waals surface area contributed by atoms with E-state index in [0.29, 0.717) is 18.6 Å². The summed E-state index contributed by atoms with van der Waals surface area (Å²) in [4.78, 5) is 26.1. The fourth-order valence-corrected chi connectivity index (χ4v) is 6.04. The Hall–Kier alpha value is -1.84. The molecule has 2 bridgehead atoms. The van der Waals surface area contributed by atoms with Crippen molar-refractivity contribution in [3.05, 3.63) is 36.1 Å². The molecule has 1 saturated heterocycles. The van der Waals surface area contributed by atoms with Gasteiger partial charge in [-0.15, -0.1) is 0 Å². The van der Waals surface area contributed by atoms with E-state index in [4.69, 9.17) is 9.47 Å². The molecule has 24 heavy (non-hydrogen) atoms. The van der Waals surface area contributed by atoms with Crippen LogP contribution in [-0.2, 0) is 19.1 Å². The normalized spacial score (nSPS) is 47.3. The lowest BCUT2D eigenvalue weighted by Gasteiger charge is -2.58.